The molecule has 7 nitrogen and oxygen atoms in total. The van der Waals surface area contributed by atoms with Gasteiger partial charge in [-0.3, -0.25) is 4.79 Å². The molecule has 0 saturated carbocycles. The van der Waals surface area contributed by atoms with Crippen LogP contribution < -0.4 is 20.8 Å². The number of nitrogens with two attached hydrogens (primary N) is 1. The Morgan fingerprint density at radius 2 is 1.75 bits per heavy atom. The molecule has 0 atom stereocenters. The van der Waals surface area contributed by atoms with Crippen LogP contribution in [0.2, 0.25) is 0 Å². The van der Waals surface area contributed by atoms with Crippen LogP contribution in [0.3, 0.4) is 0 Å². The topological polar surface area (TPSA) is 109 Å². The molecule has 0 bridgehead atoms. The molecule has 1 amide bonds. The van der Waals surface area contributed by atoms with Crippen LogP contribution >= 0.6 is 0 Å². The van der Waals surface area contributed by atoms with E-state index < -0.39 is 17.5 Å². The van der Waals surface area contributed by atoms with E-state index in [-0.39, 0.29) is 23.5 Å². The molecule has 3 aromatic rings. The number of benzene rings is 2. The van der Waals surface area contributed by atoms with Crippen molar-refractivity contribution in [1.29, 1.82) is 0 Å². The molecule has 0 unspecified atom stereocenters. The second-order valence-electron chi connectivity index (χ2n) is 6.17. The smallest absolute Gasteiger partial charge is 0.349 e. The number of ether oxygens (including phenoxy) is 2. The molecule has 2 aromatic carbocycles. The van der Waals surface area contributed by atoms with Gasteiger partial charge in [-0.05, 0) is 42.3 Å². The maximum atomic E-state index is 12.0. The van der Waals surface area contributed by atoms with Crippen LogP contribution in [0.4, 0.5) is 0 Å². The van der Waals surface area contributed by atoms with Crippen molar-refractivity contribution < 1.29 is 23.5 Å². The molecule has 0 spiro atoms. The third-order valence-corrected chi connectivity index (χ3v) is 4.02. The molecule has 0 fully saturated rings. The fraction of sp³-hybridized carbons (Fsp3) is 0.190. The zero-order valence-electron chi connectivity index (χ0n) is 15.3. The summed E-state index contributed by atoms with van der Waals surface area (Å²) in [5.41, 5.74) is 5.41. The van der Waals surface area contributed by atoms with Crippen molar-refractivity contribution in [3.63, 3.8) is 0 Å². The first-order valence-electron chi connectivity index (χ1n) is 8.76. The first-order valence-corrected chi connectivity index (χ1v) is 8.76. The number of esters is 1. The average molecular weight is 381 g/mol. The molecule has 7 heteroatoms. The van der Waals surface area contributed by atoms with Crippen LogP contribution in [0, 0.1) is 0 Å². The SMILES string of the molecule is CCCc1ccc(OCC(=O)Oc2ccc3cc(C(N)=O)c(=O)oc3c2)cc1. The third-order valence-electron chi connectivity index (χ3n) is 4.02. The molecule has 3 rings (SSSR count). The van der Waals surface area contributed by atoms with E-state index in [0.717, 1.165) is 12.8 Å². The van der Waals surface area contributed by atoms with E-state index in [1.165, 1.54) is 23.8 Å². The second kappa shape index (κ2) is 8.39. The summed E-state index contributed by atoms with van der Waals surface area (Å²) in [6, 6.07) is 13.3. The minimum Gasteiger partial charge on any atom is -0.482 e. The van der Waals surface area contributed by atoms with E-state index >= 15 is 0 Å². The van der Waals surface area contributed by atoms with Crippen LogP contribution in [0.25, 0.3) is 11.0 Å². The molecular formula is C21H19NO6. The van der Waals surface area contributed by atoms with Gasteiger partial charge in [0.15, 0.2) is 6.61 Å². The molecule has 0 saturated heterocycles. The molecular weight excluding hydrogens is 362 g/mol. The van der Waals surface area contributed by atoms with Gasteiger partial charge in [-0.15, -0.1) is 0 Å². The first kappa shape index (κ1) is 19.2. The fourth-order valence-electron chi connectivity index (χ4n) is 2.67. The Bertz CT molecular complexity index is 1070. The minimum absolute atomic E-state index is 0.174. The first-order chi connectivity index (χ1) is 13.5. The average Bonchev–Trinajstić information content (AvgIpc) is 2.67. The number of hydrogen-bond acceptors (Lipinski definition) is 6. The number of primary amides is 1. The molecule has 0 radical (unpaired) electrons. The van der Waals surface area contributed by atoms with Gasteiger partial charge in [0, 0.05) is 11.5 Å². The molecule has 0 aliphatic carbocycles. The van der Waals surface area contributed by atoms with Crippen molar-refractivity contribution >= 4 is 22.8 Å². The number of aryl methyl sites for hydroxylation is 1. The van der Waals surface area contributed by atoms with Crippen molar-refractivity contribution in [1.82, 2.24) is 0 Å². The van der Waals surface area contributed by atoms with Crippen LogP contribution in [0.15, 0.2) is 57.7 Å². The van der Waals surface area contributed by atoms with Gasteiger partial charge in [0.1, 0.15) is 22.6 Å². The Labute approximate surface area is 160 Å². The highest BCUT2D eigenvalue weighted by atomic mass is 16.6. The van der Waals surface area contributed by atoms with E-state index in [4.69, 9.17) is 19.6 Å². The lowest BCUT2D eigenvalue weighted by Gasteiger charge is -2.08. The third kappa shape index (κ3) is 4.56. The van der Waals surface area contributed by atoms with Crippen LogP contribution in [-0.2, 0) is 11.2 Å². The van der Waals surface area contributed by atoms with E-state index in [1.807, 2.05) is 12.1 Å². The number of fused-ring (bicyclic) bond motifs is 1. The predicted molar refractivity (Wildman–Crippen MR) is 103 cm³/mol. The van der Waals surface area contributed by atoms with Crippen LogP contribution in [0.5, 0.6) is 11.5 Å². The zero-order chi connectivity index (χ0) is 20.1. The summed E-state index contributed by atoms with van der Waals surface area (Å²) in [4.78, 5) is 34.9. The standard InChI is InChI=1S/C21H19NO6/c1-2-3-13-4-7-15(8-5-13)26-12-19(23)27-16-9-6-14-10-17(20(22)24)21(25)28-18(14)11-16/h4-11H,2-3,12H2,1H3,(H2,22,24). The summed E-state index contributed by atoms with van der Waals surface area (Å²) in [5.74, 6) is -0.714. The van der Waals surface area contributed by atoms with Gasteiger partial charge < -0.3 is 19.6 Å². The Morgan fingerprint density at radius 3 is 2.43 bits per heavy atom. The zero-order valence-corrected chi connectivity index (χ0v) is 15.3. The second-order valence-corrected chi connectivity index (χ2v) is 6.17. The van der Waals surface area contributed by atoms with Crippen molar-refractivity contribution in [3.05, 3.63) is 70.1 Å². The van der Waals surface area contributed by atoms with Crippen molar-refractivity contribution in [3.8, 4) is 11.5 Å². The van der Waals surface area contributed by atoms with E-state index in [2.05, 4.69) is 6.92 Å². The van der Waals surface area contributed by atoms with Crippen LogP contribution in [0.1, 0.15) is 29.3 Å². The molecule has 0 aliphatic heterocycles. The highest BCUT2D eigenvalue weighted by Gasteiger charge is 2.12. The molecule has 2 N–H and O–H groups in total. The van der Waals surface area contributed by atoms with E-state index in [0.29, 0.717) is 11.1 Å². The molecule has 1 aromatic heterocycles. The minimum atomic E-state index is -0.869. The Kier molecular flexibility index (Phi) is 5.74. The number of amides is 1. The van der Waals surface area contributed by atoms with E-state index in [1.54, 1.807) is 18.2 Å². The number of carbonyl (C=O) groups is 2. The van der Waals surface area contributed by atoms with Gasteiger partial charge in [0.25, 0.3) is 5.91 Å². The molecule has 144 valence electrons. The summed E-state index contributed by atoms with van der Waals surface area (Å²) in [6.07, 6.45) is 2.05. The summed E-state index contributed by atoms with van der Waals surface area (Å²) >= 11 is 0. The summed E-state index contributed by atoms with van der Waals surface area (Å²) in [5, 5.41) is 0.483. The van der Waals surface area contributed by atoms with Crippen molar-refractivity contribution in [2.45, 2.75) is 19.8 Å². The maximum absolute atomic E-state index is 12.0. The molecule has 0 aliphatic rings. The van der Waals surface area contributed by atoms with Crippen LogP contribution in [-0.4, -0.2) is 18.5 Å². The summed E-state index contributed by atoms with van der Waals surface area (Å²) in [6.45, 7) is 1.84. The lowest BCUT2D eigenvalue weighted by molar-refractivity contribution is -0.136. The van der Waals surface area contributed by atoms with Crippen molar-refractivity contribution in [2.75, 3.05) is 6.61 Å². The normalized spacial score (nSPS) is 10.6. The monoisotopic (exact) mass is 381 g/mol. The molecule has 1 heterocycles. The fourth-order valence-corrected chi connectivity index (χ4v) is 2.67. The lowest BCUT2D eigenvalue weighted by atomic mass is 10.1. The van der Waals surface area contributed by atoms with Gasteiger partial charge in [0.2, 0.25) is 0 Å². The summed E-state index contributed by atoms with van der Waals surface area (Å²) in [7, 11) is 0. The summed E-state index contributed by atoms with van der Waals surface area (Å²) < 4.78 is 15.7. The van der Waals surface area contributed by atoms with Gasteiger partial charge in [-0.2, -0.15) is 0 Å². The molecule has 28 heavy (non-hydrogen) atoms. The van der Waals surface area contributed by atoms with Gasteiger partial charge in [0.05, 0.1) is 0 Å². The highest BCUT2D eigenvalue weighted by Crippen LogP contribution is 2.21. The Hall–Kier alpha value is -3.61. The number of carbonyl (C=O) groups excluding carboxylic acids is 2. The largest absolute Gasteiger partial charge is 0.482 e. The van der Waals surface area contributed by atoms with E-state index in [9.17, 15) is 14.4 Å². The lowest BCUT2D eigenvalue weighted by Crippen LogP contribution is -2.20. The Morgan fingerprint density at radius 1 is 1.04 bits per heavy atom. The predicted octanol–water partition coefficient (Wildman–Crippen LogP) is 2.83. The van der Waals surface area contributed by atoms with Gasteiger partial charge in [-0.1, -0.05) is 25.5 Å². The highest BCUT2D eigenvalue weighted by molar-refractivity contribution is 5.95. The number of rotatable bonds is 7. The number of hydrogen-bond donors (Lipinski definition) is 1. The quantitative estimate of drug-likeness (QED) is 0.383. The maximum Gasteiger partial charge on any atom is 0.349 e. The van der Waals surface area contributed by atoms with Gasteiger partial charge >= 0.3 is 11.6 Å². The van der Waals surface area contributed by atoms with Crippen molar-refractivity contribution in [2.24, 2.45) is 5.73 Å². The Balaban J connectivity index is 1.65. The van der Waals surface area contributed by atoms with Gasteiger partial charge in [-0.25, -0.2) is 9.59 Å².